The standard InChI is InChI=1S/C13H20BrNO4S/c1-10(2)19-7-6-15(3)20(17,18)13-8-11(9-16)4-5-12(13)14/h4-5,8,10,16H,6-7,9H2,1-3H3. The highest BCUT2D eigenvalue weighted by molar-refractivity contribution is 9.10. The zero-order chi connectivity index (χ0) is 15.3. The number of halogens is 1. The third-order valence-corrected chi connectivity index (χ3v) is 5.57. The van der Waals surface area contributed by atoms with Crippen LogP contribution in [0.15, 0.2) is 27.6 Å². The van der Waals surface area contributed by atoms with E-state index in [1.807, 2.05) is 13.8 Å². The van der Waals surface area contributed by atoms with Crippen molar-refractivity contribution in [3.63, 3.8) is 0 Å². The SMILES string of the molecule is CC(C)OCCN(C)S(=O)(=O)c1cc(CO)ccc1Br. The number of likely N-dealkylation sites (N-methyl/N-ethyl adjacent to an activating group) is 1. The fourth-order valence-electron chi connectivity index (χ4n) is 1.55. The minimum atomic E-state index is -3.60. The second kappa shape index (κ2) is 7.51. The molecule has 7 heteroatoms. The summed E-state index contributed by atoms with van der Waals surface area (Å²) < 4.78 is 32.0. The Morgan fingerprint density at radius 2 is 2.05 bits per heavy atom. The van der Waals surface area contributed by atoms with Crippen LogP contribution >= 0.6 is 15.9 Å². The van der Waals surface area contributed by atoms with Crippen LogP contribution in [0.3, 0.4) is 0 Å². The van der Waals surface area contributed by atoms with Crippen molar-refractivity contribution in [1.29, 1.82) is 0 Å². The first-order valence-corrected chi connectivity index (χ1v) is 8.49. The summed E-state index contributed by atoms with van der Waals surface area (Å²) in [4.78, 5) is 0.149. The van der Waals surface area contributed by atoms with Gasteiger partial charge in [-0.25, -0.2) is 8.42 Å². The van der Waals surface area contributed by atoms with E-state index >= 15 is 0 Å². The van der Waals surface area contributed by atoms with Crippen LogP contribution in [0.25, 0.3) is 0 Å². The maximum absolute atomic E-state index is 12.5. The molecule has 0 saturated heterocycles. The molecule has 1 aromatic carbocycles. The summed E-state index contributed by atoms with van der Waals surface area (Å²) in [5, 5.41) is 9.12. The number of aliphatic hydroxyl groups excluding tert-OH is 1. The lowest BCUT2D eigenvalue weighted by atomic mass is 10.2. The molecule has 1 N–H and O–H groups in total. The zero-order valence-electron chi connectivity index (χ0n) is 11.8. The molecule has 0 bridgehead atoms. The molecule has 0 unspecified atom stereocenters. The molecule has 1 aromatic rings. The van der Waals surface area contributed by atoms with Crippen LogP contribution < -0.4 is 0 Å². The summed E-state index contributed by atoms with van der Waals surface area (Å²) in [5.74, 6) is 0. The van der Waals surface area contributed by atoms with Gasteiger partial charge < -0.3 is 9.84 Å². The summed E-state index contributed by atoms with van der Waals surface area (Å²) in [6.07, 6.45) is 0.0653. The molecular formula is C13H20BrNO4S. The molecule has 0 fully saturated rings. The minimum absolute atomic E-state index is 0.0653. The fraction of sp³-hybridized carbons (Fsp3) is 0.538. The highest BCUT2D eigenvalue weighted by Gasteiger charge is 2.23. The molecular weight excluding hydrogens is 346 g/mol. The van der Waals surface area contributed by atoms with Gasteiger partial charge >= 0.3 is 0 Å². The molecule has 20 heavy (non-hydrogen) atoms. The van der Waals surface area contributed by atoms with Gasteiger partial charge in [-0.1, -0.05) is 6.07 Å². The number of rotatable bonds is 7. The van der Waals surface area contributed by atoms with E-state index in [-0.39, 0.29) is 24.2 Å². The Balaban J connectivity index is 2.92. The van der Waals surface area contributed by atoms with E-state index in [0.29, 0.717) is 16.6 Å². The van der Waals surface area contributed by atoms with Crippen LogP contribution in [-0.2, 0) is 21.4 Å². The number of hydrogen-bond donors (Lipinski definition) is 1. The van der Waals surface area contributed by atoms with Crippen LogP contribution in [-0.4, -0.2) is 44.1 Å². The van der Waals surface area contributed by atoms with Crippen molar-refractivity contribution < 1.29 is 18.3 Å². The van der Waals surface area contributed by atoms with Gasteiger partial charge in [-0.15, -0.1) is 0 Å². The van der Waals surface area contributed by atoms with Gasteiger partial charge in [0.25, 0.3) is 0 Å². The van der Waals surface area contributed by atoms with E-state index in [1.54, 1.807) is 12.1 Å². The summed E-state index contributed by atoms with van der Waals surface area (Å²) in [5.41, 5.74) is 0.554. The Morgan fingerprint density at radius 1 is 1.40 bits per heavy atom. The topological polar surface area (TPSA) is 66.8 Å². The van der Waals surface area contributed by atoms with Gasteiger partial charge in [0.05, 0.1) is 24.2 Å². The van der Waals surface area contributed by atoms with E-state index in [1.165, 1.54) is 17.4 Å². The van der Waals surface area contributed by atoms with Gasteiger partial charge in [-0.2, -0.15) is 4.31 Å². The average Bonchev–Trinajstić information content (AvgIpc) is 2.38. The fourth-order valence-corrected chi connectivity index (χ4v) is 3.67. The molecule has 0 amide bonds. The van der Waals surface area contributed by atoms with E-state index < -0.39 is 10.0 Å². The van der Waals surface area contributed by atoms with E-state index in [2.05, 4.69) is 15.9 Å². The van der Waals surface area contributed by atoms with Crippen molar-refractivity contribution >= 4 is 26.0 Å². The molecule has 114 valence electrons. The van der Waals surface area contributed by atoms with E-state index in [4.69, 9.17) is 9.84 Å². The summed E-state index contributed by atoms with van der Waals surface area (Å²) in [7, 11) is -2.09. The number of aliphatic hydroxyl groups is 1. The van der Waals surface area contributed by atoms with Gasteiger partial charge in [0.2, 0.25) is 10.0 Å². The van der Waals surface area contributed by atoms with Gasteiger partial charge in [-0.05, 0) is 47.5 Å². The Labute approximate surface area is 128 Å². The second-order valence-electron chi connectivity index (χ2n) is 4.67. The molecule has 0 atom stereocenters. The van der Waals surface area contributed by atoms with Crippen LogP contribution in [0.4, 0.5) is 0 Å². The molecule has 0 aliphatic rings. The third-order valence-electron chi connectivity index (χ3n) is 2.72. The Kier molecular flexibility index (Phi) is 6.60. The average molecular weight is 366 g/mol. The molecule has 0 radical (unpaired) electrons. The third kappa shape index (κ3) is 4.53. The lowest BCUT2D eigenvalue weighted by molar-refractivity contribution is 0.0737. The summed E-state index contributed by atoms with van der Waals surface area (Å²) in [6, 6.07) is 4.76. The van der Waals surface area contributed by atoms with Crippen LogP contribution in [0.1, 0.15) is 19.4 Å². The van der Waals surface area contributed by atoms with Crippen LogP contribution in [0.2, 0.25) is 0 Å². The second-order valence-corrected chi connectivity index (χ2v) is 7.54. The molecule has 0 saturated carbocycles. The Morgan fingerprint density at radius 3 is 2.60 bits per heavy atom. The van der Waals surface area contributed by atoms with Gasteiger partial charge in [0, 0.05) is 18.1 Å². The summed E-state index contributed by atoms with van der Waals surface area (Å²) >= 11 is 3.24. The lowest BCUT2D eigenvalue weighted by Crippen LogP contribution is -2.31. The maximum Gasteiger partial charge on any atom is 0.244 e. The molecule has 0 spiro atoms. The normalized spacial score (nSPS) is 12.3. The van der Waals surface area contributed by atoms with Crippen molar-refractivity contribution in [2.45, 2.75) is 31.5 Å². The van der Waals surface area contributed by atoms with E-state index in [0.717, 1.165) is 0 Å². The maximum atomic E-state index is 12.5. The molecule has 5 nitrogen and oxygen atoms in total. The molecule has 1 rings (SSSR count). The summed E-state index contributed by atoms with van der Waals surface area (Å²) in [6.45, 7) is 4.21. The van der Waals surface area contributed by atoms with Gasteiger partial charge in [0.1, 0.15) is 0 Å². The lowest BCUT2D eigenvalue weighted by Gasteiger charge is -2.19. The Hall–Kier alpha value is -0.470. The number of benzene rings is 1. The molecule has 0 aromatic heterocycles. The van der Waals surface area contributed by atoms with Gasteiger partial charge in [-0.3, -0.25) is 0 Å². The monoisotopic (exact) mass is 365 g/mol. The number of ether oxygens (including phenoxy) is 1. The van der Waals surface area contributed by atoms with Crippen molar-refractivity contribution in [3.8, 4) is 0 Å². The highest BCUT2D eigenvalue weighted by atomic mass is 79.9. The number of nitrogens with zero attached hydrogens (tertiary/aromatic N) is 1. The number of sulfonamides is 1. The Bertz CT molecular complexity index is 545. The molecule has 0 aliphatic heterocycles. The van der Waals surface area contributed by atoms with Crippen molar-refractivity contribution in [2.75, 3.05) is 20.2 Å². The predicted octanol–water partition coefficient (Wildman–Crippen LogP) is 1.99. The highest BCUT2D eigenvalue weighted by Crippen LogP contribution is 2.25. The van der Waals surface area contributed by atoms with Crippen molar-refractivity contribution in [3.05, 3.63) is 28.2 Å². The first kappa shape index (κ1) is 17.6. The first-order chi connectivity index (χ1) is 9.28. The van der Waals surface area contributed by atoms with Gasteiger partial charge in [0.15, 0.2) is 0 Å². The van der Waals surface area contributed by atoms with Crippen molar-refractivity contribution in [1.82, 2.24) is 4.31 Å². The molecule has 0 aliphatic carbocycles. The molecule has 0 heterocycles. The van der Waals surface area contributed by atoms with Crippen LogP contribution in [0, 0.1) is 0 Å². The largest absolute Gasteiger partial charge is 0.392 e. The van der Waals surface area contributed by atoms with Crippen LogP contribution in [0.5, 0.6) is 0 Å². The van der Waals surface area contributed by atoms with Crippen molar-refractivity contribution in [2.24, 2.45) is 0 Å². The first-order valence-electron chi connectivity index (χ1n) is 6.26. The minimum Gasteiger partial charge on any atom is -0.392 e. The number of hydrogen-bond acceptors (Lipinski definition) is 4. The predicted molar refractivity (Wildman–Crippen MR) is 81.0 cm³/mol. The quantitative estimate of drug-likeness (QED) is 0.802. The smallest absolute Gasteiger partial charge is 0.244 e. The zero-order valence-corrected chi connectivity index (χ0v) is 14.2. The van der Waals surface area contributed by atoms with E-state index in [9.17, 15) is 8.42 Å².